The predicted octanol–water partition coefficient (Wildman–Crippen LogP) is 2.54. The molecule has 1 saturated heterocycles. The third-order valence-electron chi connectivity index (χ3n) is 4.81. The summed E-state index contributed by atoms with van der Waals surface area (Å²) in [5.41, 5.74) is 1.22. The van der Waals surface area contributed by atoms with Crippen LogP contribution in [0.25, 0.3) is 0 Å². The highest BCUT2D eigenvalue weighted by molar-refractivity contribution is 5.87. The van der Waals surface area contributed by atoms with Crippen molar-refractivity contribution in [2.75, 3.05) is 13.1 Å². The van der Waals surface area contributed by atoms with E-state index in [4.69, 9.17) is 0 Å². The van der Waals surface area contributed by atoms with Crippen molar-refractivity contribution in [3.8, 4) is 0 Å². The molecule has 0 amide bonds. The number of carbonyl (C=O) groups is 1. The number of hydrogen-bond acceptors (Lipinski definition) is 3. The van der Waals surface area contributed by atoms with Crippen molar-refractivity contribution >= 4 is 5.97 Å². The van der Waals surface area contributed by atoms with Crippen molar-refractivity contribution in [2.24, 2.45) is 5.92 Å². The molecule has 0 saturated carbocycles. The number of rotatable bonds is 3. The minimum Gasteiger partial charge on any atom is -0.476 e. The van der Waals surface area contributed by atoms with E-state index >= 15 is 0 Å². The Kier molecular flexibility index (Phi) is 4.29. The lowest BCUT2D eigenvalue weighted by atomic mass is 9.97. The summed E-state index contributed by atoms with van der Waals surface area (Å²) in [6, 6.07) is 0. The minimum absolute atomic E-state index is 0.284. The Hall–Kier alpha value is -1.36. The number of aromatic nitrogens is 2. The Labute approximate surface area is 126 Å². The van der Waals surface area contributed by atoms with Gasteiger partial charge in [-0.2, -0.15) is 0 Å². The maximum atomic E-state index is 11.5. The summed E-state index contributed by atoms with van der Waals surface area (Å²) in [5.74, 6) is 0.629. The zero-order valence-electron chi connectivity index (χ0n) is 12.8. The zero-order chi connectivity index (χ0) is 14.8. The smallest absolute Gasteiger partial charge is 0.356 e. The van der Waals surface area contributed by atoms with Crippen LogP contribution in [0.1, 0.15) is 61.0 Å². The Balaban J connectivity index is 1.84. The number of imidazole rings is 1. The molecule has 0 spiro atoms. The molecule has 2 aliphatic rings. The van der Waals surface area contributed by atoms with Gasteiger partial charge in [-0.25, -0.2) is 9.78 Å². The quantitative estimate of drug-likeness (QED) is 0.929. The lowest BCUT2D eigenvalue weighted by Gasteiger charge is -2.24. The van der Waals surface area contributed by atoms with E-state index in [0.717, 1.165) is 50.5 Å². The standard InChI is InChI=1S/C16H25N3O2/c1-12-6-9-19-13(10-12)15(16(20)21)17-14(19)11-18-7-4-2-3-5-8-18/h12H,2-11H2,1H3,(H,20,21). The fraction of sp³-hybridized carbons (Fsp3) is 0.750. The monoisotopic (exact) mass is 291 g/mol. The van der Waals surface area contributed by atoms with Crippen LogP contribution in [-0.4, -0.2) is 38.6 Å². The molecule has 1 aromatic rings. The van der Waals surface area contributed by atoms with Gasteiger partial charge in [0, 0.05) is 6.54 Å². The first-order valence-electron chi connectivity index (χ1n) is 8.19. The molecule has 0 bridgehead atoms. The van der Waals surface area contributed by atoms with Gasteiger partial charge < -0.3 is 9.67 Å². The van der Waals surface area contributed by atoms with Crippen LogP contribution in [0.2, 0.25) is 0 Å². The van der Waals surface area contributed by atoms with Gasteiger partial charge in [0.1, 0.15) is 5.82 Å². The minimum atomic E-state index is -0.880. The number of nitrogens with zero attached hydrogens (tertiary/aromatic N) is 3. The number of aromatic carboxylic acids is 1. The molecule has 5 heteroatoms. The third-order valence-corrected chi connectivity index (χ3v) is 4.81. The maximum Gasteiger partial charge on any atom is 0.356 e. The Morgan fingerprint density at radius 3 is 2.62 bits per heavy atom. The Morgan fingerprint density at radius 2 is 1.95 bits per heavy atom. The number of hydrogen-bond donors (Lipinski definition) is 1. The fourth-order valence-corrected chi connectivity index (χ4v) is 3.58. The van der Waals surface area contributed by atoms with E-state index in [0.29, 0.717) is 5.92 Å². The molecule has 0 aromatic carbocycles. The summed E-state index contributed by atoms with van der Waals surface area (Å²) in [4.78, 5) is 18.4. The van der Waals surface area contributed by atoms with Gasteiger partial charge in [-0.3, -0.25) is 4.90 Å². The van der Waals surface area contributed by atoms with E-state index in [9.17, 15) is 9.90 Å². The molecule has 1 unspecified atom stereocenters. The SMILES string of the molecule is CC1CCn2c(CN3CCCCCC3)nc(C(=O)O)c2C1. The molecule has 2 aliphatic heterocycles. The molecule has 3 heterocycles. The van der Waals surface area contributed by atoms with E-state index < -0.39 is 5.97 Å². The second kappa shape index (κ2) is 6.18. The summed E-state index contributed by atoms with van der Waals surface area (Å²) in [7, 11) is 0. The summed E-state index contributed by atoms with van der Waals surface area (Å²) < 4.78 is 2.17. The molecule has 21 heavy (non-hydrogen) atoms. The molecule has 1 aromatic heterocycles. The second-order valence-corrected chi connectivity index (χ2v) is 6.57. The molecule has 1 fully saturated rings. The molecule has 0 radical (unpaired) electrons. The normalized spacial score (nSPS) is 23.6. The predicted molar refractivity (Wildman–Crippen MR) is 80.4 cm³/mol. The average molecular weight is 291 g/mol. The van der Waals surface area contributed by atoms with Gasteiger partial charge in [-0.15, -0.1) is 0 Å². The highest BCUT2D eigenvalue weighted by atomic mass is 16.4. The van der Waals surface area contributed by atoms with Crippen molar-refractivity contribution in [1.82, 2.24) is 14.5 Å². The first-order valence-corrected chi connectivity index (χ1v) is 8.19. The van der Waals surface area contributed by atoms with E-state index in [1.165, 1.54) is 25.7 Å². The lowest BCUT2D eigenvalue weighted by molar-refractivity contribution is 0.0688. The largest absolute Gasteiger partial charge is 0.476 e. The van der Waals surface area contributed by atoms with Crippen molar-refractivity contribution in [3.05, 3.63) is 17.2 Å². The average Bonchev–Trinajstić information content (AvgIpc) is 2.62. The first-order chi connectivity index (χ1) is 10.1. The topological polar surface area (TPSA) is 58.4 Å². The van der Waals surface area contributed by atoms with Crippen molar-refractivity contribution in [3.63, 3.8) is 0 Å². The molecule has 5 nitrogen and oxygen atoms in total. The van der Waals surface area contributed by atoms with Crippen LogP contribution < -0.4 is 0 Å². The summed E-state index contributed by atoms with van der Waals surface area (Å²) in [5, 5.41) is 9.40. The second-order valence-electron chi connectivity index (χ2n) is 6.57. The van der Waals surface area contributed by atoms with Crippen LogP contribution in [-0.2, 0) is 19.5 Å². The zero-order valence-corrected chi connectivity index (χ0v) is 12.8. The van der Waals surface area contributed by atoms with Gasteiger partial charge in [0.15, 0.2) is 5.69 Å². The van der Waals surface area contributed by atoms with Crippen LogP contribution >= 0.6 is 0 Å². The Morgan fingerprint density at radius 1 is 1.24 bits per heavy atom. The molecule has 1 atom stereocenters. The van der Waals surface area contributed by atoms with E-state index in [-0.39, 0.29) is 5.69 Å². The van der Waals surface area contributed by atoms with Gasteiger partial charge in [0.25, 0.3) is 0 Å². The van der Waals surface area contributed by atoms with Crippen molar-refractivity contribution < 1.29 is 9.90 Å². The highest BCUT2D eigenvalue weighted by Gasteiger charge is 2.27. The molecule has 1 N–H and O–H groups in total. The van der Waals surface area contributed by atoms with Crippen LogP contribution in [0.3, 0.4) is 0 Å². The molecular weight excluding hydrogens is 266 g/mol. The van der Waals surface area contributed by atoms with E-state index in [2.05, 4.69) is 21.4 Å². The lowest BCUT2D eigenvalue weighted by Crippen LogP contribution is -2.27. The van der Waals surface area contributed by atoms with Crippen LogP contribution in [0.15, 0.2) is 0 Å². The number of fused-ring (bicyclic) bond motifs is 1. The summed E-state index contributed by atoms with van der Waals surface area (Å²) in [6.07, 6.45) is 7.08. The third kappa shape index (κ3) is 3.12. The molecule has 116 valence electrons. The van der Waals surface area contributed by atoms with Gasteiger partial charge in [-0.1, -0.05) is 19.8 Å². The van der Waals surface area contributed by atoms with Crippen molar-refractivity contribution in [2.45, 2.75) is 58.5 Å². The van der Waals surface area contributed by atoms with Gasteiger partial charge in [-0.05, 0) is 44.7 Å². The maximum absolute atomic E-state index is 11.5. The fourth-order valence-electron chi connectivity index (χ4n) is 3.58. The van der Waals surface area contributed by atoms with Crippen LogP contribution in [0.5, 0.6) is 0 Å². The summed E-state index contributed by atoms with van der Waals surface area (Å²) in [6.45, 7) is 6.13. The number of carboxylic acid groups (broad SMARTS) is 1. The number of likely N-dealkylation sites (tertiary alicyclic amines) is 1. The Bertz CT molecular complexity index is 516. The molecule has 3 rings (SSSR count). The van der Waals surface area contributed by atoms with E-state index in [1.54, 1.807) is 0 Å². The van der Waals surface area contributed by atoms with Crippen molar-refractivity contribution in [1.29, 1.82) is 0 Å². The molecule has 0 aliphatic carbocycles. The number of carboxylic acids is 1. The molecular formula is C16H25N3O2. The van der Waals surface area contributed by atoms with Gasteiger partial charge >= 0.3 is 5.97 Å². The first kappa shape index (κ1) is 14.6. The van der Waals surface area contributed by atoms with Crippen LogP contribution in [0, 0.1) is 5.92 Å². The van der Waals surface area contributed by atoms with E-state index in [1.807, 2.05) is 0 Å². The highest BCUT2D eigenvalue weighted by Crippen LogP contribution is 2.26. The van der Waals surface area contributed by atoms with Crippen LogP contribution in [0.4, 0.5) is 0 Å². The summed E-state index contributed by atoms with van der Waals surface area (Å²) >= 11 is 0. The van der Waals surface area contributed by atoms with Gasteiger partial charge in [0.05, 0.1) is 12.2 Å². The van der Waals surface area contributed by atoms with Gasteiger partial charge in [0.2, 0.25) is 0 Å².